The molecule has 0 aromatic heterocycles. The number of hydrogen-bond donors (Lipinski definition) is 1. The molecule has 6 rings (SSSR count). The number of hydrogen-bond acceptors (Lipinski definition) is 4. The lowest BCUT2D eigenvalue weighted by atomic mass is 9.32. The highest BCUT2D eigenvalue weighted by Crippen LogP contribution is 2.78. The second kappa shape index (κ2) is 11.3. The molecule has 6 saturated carbocycles. The van der Waals surface area contributed by atoms with Gasteiger partial charge in [0.25, 0.3) is 0 Å². The van der Waals surface area contributed by atoms with Gasteiger partial charge in [0.1, 0.15) is 6.10 Å². The second-order valence-corrected chi connectivity index (χ2v) is 19.7. The van der Waals surface area contributed by atoms with Gasteiger partial charge in [-0.3, -0.25) is 9.59 Å². The van der Waals surface area contributed by atoms with E-state index in [-0.39, 0.29) is 29.3 Å². The Morgan fingerprint density at radius 2 is 1.57 bits per heavy atom. The van der Waals surface area contributed by atoms with Gasteiger partial charge >= 0.3 is 11.9 Å². The molecule has 0 aromatic rings. The van der Waals surface area contributed by atoms with E-state index < -0.39 is 11.4 Å². The van der Waals surface area contributed by atoms with Crippen LogP contribution in [0.5, 0.6) is 0 Å². The number of rotatable bonds is 9. The number of ether oxygens (including phenoxy) is 1. The maximum Gasteiger partial charge on any atom is 0.309 e. The summed E-state index contributed by atoms with van der Waals surface area (Å²) in [6.45, 7) is 24.2. The van der Waals surface area contributed by atoms with Gasteiger partial charge in [-0.2, -0.15) is 0 Å². The molecule has 10 atom stereocenters. The summed E-state index contributed by atoms with van der Waals surface area (Å²) in [5, 5.41) is 9.59. The molecule has 260 valence electrons. The maximum atomic E-state index is 13.1. The number of fused-ring (bicyclic) bond motifs is 7. The van der Waals surface area contributed by atoms with E-state index in [1.165, 1.54) is 82.7 Å². The van der Waals surface area contributed by atoms with Crippen LogP contribution in [-0.2, 0) is 14.3 Å². The summed E-state index contributed by atoms with van der Waals surface area (Å²) in [7, 11) is 2.38. The molecular formula is C41H67NO4. The predicted octanol–water partition coefficient (Wildman–Crippen LogP) is 9.54. The van der Waals surface area contributed by atoms with E-state index in [1.807, 2.05) is 0 Å². The number of carboxylic acids is 1. The van der Waals surface area contributed by atoms with Gasteiger partial charge in [0.2, 0.25) is 0 Å². The Morgan fingerprint density at radius 1 is 0.870 bits per heavy atom. The third-order valence-corrected chi connectivity index (χ3v) is 16.8. The molecule has 0 aliphatic heterocycles. The van der Waals surface area contributed by atoms with Crippen molar-refractivity contribution in [1.82, 2.24) is 4.90 Å². The smallest absolute Gasteiger partial charge is 0.309 e. The molecule has 5 nitrogen and oxygen atoms in total. The van der Waals surface area contributed by atoms with Crippen LogP contribution < -0.4 is 0 Å². The molecule has 0 heterocycles. The van der Waals surface area contributed by atoms with Crippen molar-refractivity contribution in [3.63, 3.8) is 0 Å². The van der Waals surface area contributed by atoms with Crippen LogP contribution in [0.25, 0.3) is 0 Å². The van der Waals surface area contributed by atoms with Crippen LogP contribution in [0.3, 0.4) is 0 Å². The largest absolute Gasteiger partial charge is 0.481 e. The van der Waals surface area contributed by atoms with Crippen LogP contribution in [-0.4, -0.2) is 47.7 Å². The van der Waals surface area contributed by atoms with Gasteiger partial charge in [0.05, 0.1) is 11.8 Å². The highest BCUT2D eigenvalue weighted by molar-refractivity contribution is 5.81. The molecule has 6 aliphatic carbocycles. The molecule has 0 aromatic carbocycles. The van der Waals surface area contributed by atoms with Gasteiger partial charge in [-0.25, -0.2) is 0 Å². The number of carbonyl (C=O) groups is 2. The summed E-state index contributed by atoms with van der Waals surface area (Å²) >= 11 is 0. The van der Waals surface area contributed by atoms with Crippen molar-refractivity contribution in [3.8, 4) is 0 Å². The molecule has 0 amide bonds. The van der Waals surface area contributed by atoms with Crippen LogP contribution in [0.2, 0.25) is 0 Å². The van der Waals surface area contributed by atoms with Crippen LogP contribution in [0, 0.1) is 62.1 Å². The Morgan fingerprint density at radius 3 is 2.20 bits per heavy atom. The maximum absolute atomic E-state index is 13.1. The standard InChI is InChI=1S/C41H67NO4/c1-26(2)28-15-20-41(23-24-42(10)27-11-12-27)22-21-39(8)29(34(28)41)13-14-31-38(7)18-17-32(46-33(43)25-36(3,4)35(44)45)37(5,6)30(38)16-19-40(31,39)9/h27-32,34H,1,11-25H2,2-10H3,(H,44,45)/t28-,29+,30?,31?,32-,34+,38-,39+,40+,41+/m0/s1. The Kier molecular flexibility index (Phi) is 8.51. The number of carbonyl (C=O) groups excluding carboxylic acids is 1. The molecule has 6 fully saturated rings. The van der Waals surface area contributed by atoms with E-state index in [0.29, 0.717) is 34.0 Å². The summed E-state index contributed by atoms with van der Waals surface area (Å²) in [5.74, 6) is 2.10. The van der Waals surface area contributed by atoms with E-state index in [2.05, 4.69) is 60.1 Å². The summed E-state index contributed by atoms with van der Waals surface area (Å²) in [5.41, 5.74) is 1.55. The zero-order valence-electron chi connectivity index (χ0n) is 31.0. The quantitative estimate of drug-likeness (QED) is 0.201. The molecule has 2 unspecified atom stereocenters. The number of carboxylic acid groups (broad SMARTS) is 1. The van der Waals surface area contributed by atoms with E-state index in [1.54, 1.807) is 13.8 Å². The first-order valence-corrected chi connectivity index (χ1v) is 19.1. The first-order valence-electron chi connectivity index (χ1n) is 19.1. The molecular weight excluding hydrogens is 570 g/mol. The first-order chi connectivity index (χ1) is 21.3. The van der Waals surface area contributed by atoms with Gasteiger partial charge in [-0.1, -0.05) is 46.8 Å². The molecule has 0 saturated heterocycles. The van der Waals surface area contributed by atoms with Crippen molar-refractivity contribution in [2.24, 2.45) is 62.1 Å². The van der Waals surface area contributed by atoms with Crippen molar-refractivity contribution in [2.75, 3.05) is 13.6 Å². The second-order valence-electron chi connectivity index (χ2n) is 19.7. The van der Waals surface area contributed by atoms with E-state index in [4.69, 9.17) is 4.74 Å². The summed E-state index contributed by atoms with van der Waals surface area (Å²) in [4.78, 5) is 27.4. The zero-order valence-corrected chi connectivity index (χ0v) is 31.0. The van der Waals surface area contributed by atoms with E-state index in [0.717, 1.165) is 30.7 Å². The average Bonchev–Trinajstić information content (AvgIpc) is 3.74. The molecule has 0 spiro atoms. The molecule has 46 heavy (non-hydrogen) atoms. The van der Waals surface area contributed by atoms with Gasteiger partial charge in [0.15, 0.2) is 0 Å². The monoisotopic (exact) mass is 638 g/mol. The highest BCUT2D eigenvalue weighted by Gasteiger charge is 2.71. The number of aliphatic carboxylic acids is 1. The van der Waals surface area contributed by atoms with Gasteiger partial charge in [0, 0.05) is 11.5 Å². The van der Waals surface area contributed by atoms with Gasteiger partial charge in [-0.05, 0) is 169 Å². The number of nitrogens with zero attached hydrogens (tertiary/aromatic N) is 1. The number of esters is 1. The fourth-order valence-corrected chi connectivity index (χ4v) is 13.6. The van der Waals surface area contributed by atoms with Crippen LogP contribution in [0.1, 0.15) is 145 Å². The zero-order chi connectivity index (χ0) is 33.7. The molecule has 0 bridgehead atoms. The Labute approximate surface area is 281 Å². The van der Waals surface area contributed by atoms with Gasteiger partial charge < -0.3 is 14.7 Å². The van der Waals surface area contributed by atoms with Crippen molar-refractivity contribution in [2.45, 2.75) is 157 Å². The Bertz CT molecular complexity index is 1230. The Balaban J connectivity index is 1.24. The topological polar surface area (TPSA) is 66.8 Å². The molecule has 5 heteroatoms. The predicted molar refractivity (Wildman–Crippen MR) is 185 cm³/mol. The lowest BCUT2D eigenvalue weighted by Gasteiger charge is -2.73. The van der Waals surface area contributed by atoms with Crippen molar-refractivity contribution < 1.29 is 19.4 Å². The molecule has 1 N–H and O–H groups in total. The van der Waals surface area contributed by atoms with E-state index in [9.17, 15) is 14.7 Å². The van der Waals surface area contributed by atoms with Crippen LogP contribution in [0.15, 0.2) is 12.2 Å². The normalized spacial score (nSPS) is 44.8. The van der Waals surface area contributed by atoms with Crippen LogP contribution in [0.4, 0.5) is 0 Å². The SMILES string of the molecule is C=C(C)[C@@H]1CC[C@]2(CCN(C)C3CC3)CC[C@]3(C)[C@H](CCC4[C@@]5(C)CC[C@H](OC(=O)CC(C)(C)C(=O)O)C(C)(C)C5CC[C@]43C)[C@@H]12. The minimum absolute atomic E-state index is 0.0814. The van der Waals surface area contributed by atoms with Crippen LogP contribution >= 0.6 is 0 Å². The summed E-state index contributed by atoms with van der Waals surface area (Å²) in [6.07, 6.45) is 16.6. The minimum Gasteiger partial charge on any atom is -0.481 e. The van der Waals surface area contributed by atoms with Crippen molar-refractivity contribution in [1.29, 1.82) is 0 Å². The lowest BCUT2D eigenvalue weighted by molar-refractivity contribution is -0.250. The fourth-order valence-electron chi connectivity index (χ4n) is 13.6. The first kappa shape index (κ1) is 34.5. The van der Waals surface area contributed by atoms with E-state index >= 15 is 0 Å². The van der Waals surface area contributed by atoms with Crippen molar-refractivity contribution >= 4 is 11.9 Å². The van der Waals surface area contributed by atoms with Crippen molar-refractivity contribution in [3.05, 3.63) is 12.2 Å². The summed E-state index contributed by atoms with van der Waals surface area (Å²) in [6, 6.07) is 0.840. The third-order valence-electron chi connectivity index (χ3n) is 16.8. The molecule has 0 radical (unpaired) electrons. The molecule has 6 aliphatic rings. The average molecular weight is 638 g/mol. The minimum atomic E-state index is -1.11. The fraction of sp³-hybridized carbons (Fsp3) is 0.902. The lowest BCUT2D eigenvalue weighted by Crippen LogP contribution is -2.66. The Hall–Kier alpha value is -1.36. The summed E-state index contributed by atoms with van der Waals surface area (Å²) < 4.78 is 6.19. The highest BCUT2D eigenvalue weighted by atomic mass is 16.5. The number of allylic oxidation sites excluding steroid dienone is 1. The third kappa shape index (κ3) is 5.17. The van der Waals surface area contributed by atoms with Gasteiger partial charge in [-0.15, -0.1) is 0 Å².